The molecule has 0 aliphatic carbocycles. The third kappa shape index (κ3) is 3.39. The predicted molar refractivity (Wildman–Crippen MR) is 60.8 cm³/mol. The second kappa shape index (κ2) is 5.54. The van der Waals surface area contributed by atoms with Crippen molar-refractivity contribution >= 4 is 5.97 Å². The molecule has 0 aliphatic rings. The van der Waals surface area contributed by atoms with E-state index in [1.165, 1.54) is 11.1 Å². The standard InChI is InChI=1S/C13H18O2/c1-4-15-13(14)9-11(3)12-8-6-5-7-10(12)2/h5-8,11H,4,9H2,1-3H3/t11-/m0/s1. The molecular formula is C13H18O2. The highest BCUT2D eigenvalue weighted by molar-refractivity contribution is 5.70. The van der Waals surface area contributed by atoms with Crippen LogP contribution in [-0.4, -0.2) is 12.6 Å². The van der Waals surface area contributed by atoms with Gasteiger partial charge in [0, 0.05) is 0 Å². The van der Waals surface area contributed by atoms with Crippen molar-refractivity contribution in [2.75, 3.05) is 6.61 Å². The summed E-state index contributed by atoms with van der Waals surface area (Å²) in [7, 11) is 0. The second-order valence-electron chi connectivity index (χ2n) is 3.77. The zero-order chi connectivity index (χ0) is 11.3. The monoisotopic (exact) mass is 206 g/mol. The quantitative estimate of drug-likeness (QED) is 0.708. The topological polar surface area (TPSA) is 26.3 Å². The van der Waals surface area contributed by atoms with Gasteiger partial charge in [-0.25, -0.2) is 0 Å². The fourth-order valence-electron chi connectivity index (χ4n) is 1.72. The van der Waals surface area contributed by atoms with Crippen LogP contribution in [0.1, 0.15) is 37.3 Å². The van der Waals surface area contributed by atoms with E-state index in [-0.39, 0.29) is 11.9 Å². The van der Waals surface area contributed by atoms with E-state index in [2.05, 4.69) is 26.0 Å². The van der Waals surface area contributed by atoms with Crippen LogP contribution in [-0.2, 0) is 9.53 Å². The summed E-state index contributed by atoms with van der Waals surface area (Å²) in [5, 5.41) is 0. The highest BCUT2D eigenvalue weighted by Gasteiger charge is 2.13. The number of esters is 1. The van der Waals surface area contributed by atoms with Gasteiger partial charge in [0.1, 0.15) is 0 Å². The molecule has 0 unspecified atom stereocenters. The van der Waals surface area contributed by atoms with Crippen molar-refractivity contribution in [2.24, 2.45) is 0 Å². The van der Waals surface area contributed by atoms with Crippen LogP contribution in [0.5, 0.6) is 0 Å². The zero-order valence-corrected chi connectivity index (χ0v) is 9.62. The van der Waals surface area contributed by atoms with Gasteiger partial charge in [-0.2, -0.15) is 0 Å². The molecule has 0 aromatic heterocycles. The van der Waals surface area contributed by atoms with E-state index >= 15 is 0 Å². The minimum absolute atomic E-state index is 0.117. The molecule has 0 amide bonds. The van der Waals surface area contributed by atoms with Crippen LogP contribution < -0.4 is 0 Å². The summed E-state index contributed by atoms with van der Waals surface area (Å²) >= 11 is 0. The van der Waals surface area contributed by atoms with Crippen LogP contribution in [0.2, 0.25) is 0 Å². The number of benzene rings is 1. The Hall–Kier alpha value is -1.31. The van der Waals surface area contributed by atoms with Gasteiger partial charge in [-0.3, -0.25) is 4.79 Å². The van der Waals surface area contributed by atoms with E-state index in [1.807, 2.05) is 19.1 Å². The van der Waals surface area contributed by atoms with E-state index in [1.54, 1.807) is 0 Å². The van der Waals surface area contributed by atoms with Crippen LogP contribution >= 0.6 is 0 Å². The number of ether oxygens (including phenoxy) is 1. The van der Waals surface area contributed by atoms with E-state index in [0.29, 0.717) is 13.0 Å². The molecule has 15 heavy (non-hydrogen) atoms. The molecule has 0 saturated carbocycles. The molecular weight excluding hydrogens is 188 g/mol. The maximum absolute atomic E-state index is 11.3. The third-order valence-corrected chi connectivity index (χ3v) is 2.50. The minimum atomic E-state index is -0.117. The molecule has 0 fully saturated rings. The van der Waals surface area contributed by atoms with E-state index < -0.39 is 0 Å². The van der Waals surface area contributed by atoms with Gasteiger partial charge in [0.25, 0.3) is 0 Å². The molecule has 0 aliphatic heterocycles. The summed E-state index contributed by atoms with van der Waals surface area (Å²) < 4.78 is 4.93. The van der Waals surface area contributed by atoms with Crippen molar-refractivity contribution in [1.29, 1.82) is 0 Å². The normalized spacial score (nSPS) is 12.2. The van der Waals surface area contributed by atoms with Gasteiger partial charge in [0.15, 0.2) is 0 Å². The van der Waals surface area contributed by atoms with E-state index in [0.717, 1.165) is 0 Å². The molecule has 2 heteroatoms. The smallest absolute Gasteiger partial charge is 0.306 e. The van der Waals surface area contributed by atoms with Gasteiger partial charge in [-0.05, 0) is 30.9 Å². The Morgan fingerprint density at radius 1 is 1.40 bits per heavy atom. The first kappa shape index (κ1) is 11.8. The number of carbonyl (C=O) groups excluding carboxylic acids is 1. The summed E-state index contributed by atoms with van der Waals surface area (Å²) in [6, 6.07) is 8.15. The summed E-state index contributed by atoms with van der Waals surface area (Å²) in [6.45, 7) is 6.41. The minimum Gasteiger partial charge on any atom is -0.466 e. The third-order valence-electron chi connectivity index (χ3n) is 2.50. The van der Waals surface area contributed by atoms with Crippen molar-refractivity contribution in [3.05, 3.63) is 35.4 Å². The Bertz CT molecular complexity index is 331. The molecule has 1 aromatic rings. The first-order valence-electron chi connectivity index (χ1n) is 5.36. The average Bonchev–Trinajstić information content (AvgIpc) is 2.18. The molecule has 1 aromatic carbocycles. The largest absolute Gasteiger partial charge is 0.466 e. The van der Waals surface area contributed by atoms with Gasteiger partial charge in [-0.1, -0.05) is 31.2 Å². The highest BCUT2D eigenvalue weighted by atomic mass is 16.5. The Morgan fingerprint density at radius 2 is 2.07 bits per heavy atom. The summed E-state index contributed by atoms with van der Waals surface area (Å²) in [5.74, 6) is 0.110. The summed E-state index contributed by atoms with van der Waals surface area (Å²) in [4.78, 5) is 11.3. The lowest BCUT2D eigenvalue weighted by Crippen LogP contribution is -2.09. The Morgan fingerprint density at radius 3 is 2.67 bits per heavy atom. The van der Waals surface area contributed by atoms with Crippen LogP contribution in [0.15, 0.2) is 24.3 Å². The maximum atomic E-state index is 11.3. The Balaban J connectivity index is 2.65. The van der Waals surface area contributed by atoms with Crippen LogP contribution in [0, 0.1) is 6.92 Å². The molecule has 0 heterocycles. The Kier molecular flexibility index (Phi) is 4.35. The number of rotatable bonds is 4. The molecule has 82 valence electrons. The molecule has 1 atom stereocenters. The van der Waals surface area contributed by atoms with E-state index in [9.17, 15) is 4.79 Å². The Labute approximate surface area is 91.3 Å². The number of hydrogen-bond acceptors (Lipinski definition) is 2. The zero-order valence-electron chi connectivity index (χ0n) is 9.62. The lowest BCUT2D eigenvalue weighted by molar-refractivity contribution is -0.143. The molecule has 0 radical (unpaired) electrons. The lowest BCUT2D eigenvalue weighted by Gasteiger charge is -2.13. The van der Waals surface area contributed by atoms with Gasteiger partial charge in [0.05, 0.1) is 13.0 Å². The van der Waals surface area contributed by atoms with Gasteiger partial charge in [-0.15, -0.1) is 0 Å². The molecule has 0 saturated heterocycles. The van der Waals surface area contributed by atoms with Gasteiger partial charge < -0.3 is 4.74 Å². The van der Waals surface area contributed by atoms with Crippen LogP contribution in [0.25, 0.3) is 0 Å². The fourth-order valence-corrected chi connectivity index (χ4v) is 1.72. The lowest BCUT2D eigenvalue weighted by atomic mass is 9.94. The molecule has 0 N–H and O–H groups in total. The van der Waals surface area contributed by atoms with Gasteiger partial charge >= 0.3 is 5.97 Å². The van der Waals surface area contributed by atoms with Crippen LogP contribution in [0.3, 0.4) is 0 Å². The number of aryl methyl sites for hydroxylation is 1. The SMILES string of the molecule is CCOC(=O)C[C@H](C)c1ccccc1C. The van der Waals surface area contributed by atoms with Crippen molar-refractivity contribution in [3.63, 3.8) is 0 Å². The number of carbonyl (C=O) groups is 1. The second-order valence-corrected chi connectivity index (χ2v) is 3.77. The summed E-state index contributed by atoms with van der Waals surface area (Å²) in [6.07, 6.45) is 0.457. The van der Waals surface area contributed by atoms with E-state index in [4.69, 9.17) is 4.74 Å². The first-order chi connectivity index (χ1) is 7.15. The van der Waals surface area contributed by atoms with Gasteiger partial charge in [0.2, 0.25) is 0 Å². The molecule has 2 nitrogen and oxygen atoms in total. The molecule has 0 bridgehead atoms. The van der Waals surface area contributed by atoms with Crippen molar-refractivity contribution in [3.8, 4) is 0 Å². The first-order valence-corrected chi connectivity index (χ1v) is 5.36. The van der Waals surface area contributed by atoms with Crippen molar-refractivity contribution < 1.29 is 9.53 Å². The average molecular weight is 206 g/mol. The maximum Gasteiger partial charge on any atom is 0.306 e. The number of hydrogen-bond donors (Lipinski definition) is 0. The fraction of sp³-hybridized carbons (Fsp3) is 0.462. The highest BCUT2D eigenvalue weighted by Crippen LogP contribution is 2.22. The summed E-state index contributed by atoms with van der Waals surface area (Å²) in [5.41, 5.74) is 2.46. The molecule has 0 spiro atoms. The molecule has 1 rings (SSSR count). The van der Waals surface area contributed by atoms with Crippen molar-refractivity contribution in [2.45, 2.75) is 33.1 Å². The predicted octanol–water partition coefficient (Wildman–Crippen LogP) is 3.05. The van der Waals surface area contributed by atoms with Crippen molar-refractivity contribution in [1.82, 2.24) is 0 Å². The van der Waals surface area contributed by atoms with Crippen LogP contribution in [0.4, 0.5) is 0 Å².